The normalized spacial score (nSPS) is 10.5. The Balaban J connectivity index is 3.19. The predicted molar refractivity (Wildman–Crippen MR) is 58.1 cm³/mol. The number of hydrogen-bond donors (Lipinski definition) is 0. The van der Waals surface area contributed by atoms with Crippen molar-refractivity contribution in [3.63, 3.8) is 0 Å². The molecule has 1 aromatic rings. The van der Waals surface area contributed by atoms with Gasteiger partial charge in [-0.3, -0.25) is 0 Å². The molecule has 94 valence electrons. The number of halogens is 2. The van der Waals surface area contributed by atoms with E-state index in [0.717, 1.165) is 12.1 Å². The molecule has 0 saturated carbocycles. The van der Waals surface area contributed by atoms with Crippen molar-refractivity contribution in [3.05, 3.63) is 29.3 Å². The Morgan fingerprint density at radius 3 is 2.53 bits per heavy atom. The second kappa shape index (κ2) is 5.61. The molecule has 0 radical (unpaired) electrons. The molecule has 3 nitrogen and oxygen atoms in total. The highest BCUT2D eigenvalue weighted by molar-refractivity contribution is 5.92. The molecule has 0 spiro atoms. The van der Waals surface area contributed by atoms with Crippen LogP contribution < -0.4 is 4.74 Å². The number of esters is 1. The van der Waals surface area contributed by atoms with Crippen LogP contribution in [-0.4, -0.2) is 18.7 Å². The fraction of sp³-hybridized carbons (Fsp3) is 0.417. The van der Waals surface area contributed by atoms with Gasteiger partial charge in [0.1, 0.15) is 5.56 Å². The Kier molecular flexibility index (Phi) is 4.43. The molecular formula is C12H14F2O3. The number of hydrogen-bond acceptors (Lipinski definition) is 3. The smallest absolute Gasteiger partial charge is 0.342 e. The Labute approximate surface area is 98.3 Å². The lowest BCUT2D eigenvalue weighted by molar-refractivity contribution is 0.0518. The molecule has 0 unspecified atom stereocenters. The average molecular weight is 244 g/mol. The predicted octanol–water partition coefficient (Wildman–Crippen LogP) is 2.93. The van der Waals surface area contributed by atoms with Crippen LogP contribution in [0.4, 0.5) is 8.78 Å². The highest BCUT2D eigenvalue weighted by atomic mass is 19.2. The lowest BCUT2D eigenvalue weighted by atomic mass is 10.2. The van der Waals surface area contributed by atoms with Gasteiger partial charge in [-0.25, -0.2) is 9.18 Å². The van der Waals surface area contributed by atoms with Crippen LogP contribution in [0.2, 0.25) is 0 Å². The van der Waals surface area contributed by atoms with Gasteiger partial charge in [-0.15, -0.1) is 0 Å². The standard InChI is InChI=1S/C12H14F2O3/c1-4-16-12(15)8-5-6-9(13)10(14)11(8)17-7(2)3/h5-7H,4H2,1-3H3. The fourth-order valence-electron chi connectivity index (χ4n) is 1.25. The van der Waals surface area contributed by atoms with Crippen molar-refractivity contribution < 1.29 is 23.0 Å². The van der Waals surface area contributed by atoms with Crippen LogP contribution in [0.3, 0.4) is 0 Å². The summed E-state index contributed by atoms with van der Waals surface area (Å²) < 4.78 is 36.4. The number of benzene rings is 1. The molecule has 0 aliphatic rings. The third-order valence-electron chi connectivity index (χ3n) is 1.90. The number of rotatable bonds is 4. The molecule has 0 bridgehead atoms. The maximum atomic E-state index is 13.5. The summed E-state index contributed by atoms with van der Waals surface area (Å²) in [5.41, 5.74) is -0.112. The molecule has 5 heteroatoms. The van der Waals surface area contributed by atoms with E-state index in [4.69, 9.17) is 9.47 Å². The highest BCUT2D eigenvalue weighted by Gasteiger charge is 2.21. The first kappa shape index (κ1) is 13.4. The van der Waals surface area contributed by atoms with Gasteiger partial charge in [-0.1, -0.05) is 0 Å². The molecule has 0 atom stereocenters. The van der Waals surface area contributed by atoms with E-state index in [1.807, 2.05) is 0 Å². The van der Waals surface area contributed by atoms with E-state index in [0.29, 0.717) is 0 Å². The van der Waals surface area contributed by atoms with E-state index in [2.05, 4.69) is 0 Å². The van der Waals surface area contributed by atoms with Crippen LogP contribution in [-0.2, 0) is 4.74 Å². The second-order valence-electron chi connectivity index (χ2n) is 3.63. The number of carbonyl (C=O) groups is 1. The second-order valence-corrected chi connectivity index (χ2v) is 3.63. The molecule has 0 fully saturated rings. The molecule has 0 heterocycles. The summed E-state index contributed by atoms with van der Waals surface area (Å²) in [6, 6.07) is 2.02. The minimum Gasteiger partial charge on any atom is -0.487 e. The van der Waals surface area contributed by atoms with Crippen LogP contribution in [0, 0.1) is 11.6 Å². The van der Waals surface area contributed by atoms with Crippen LogP contribution in [0.25, 0.3) is 0 Å². The first-order valence-corrected chi connectivity index (χ1v) is 5.29. The van der Waals surface area contributed by atoms with E-state index < -0.39 is 23.4 Å². The molecule has 1 rings (SSSR count). The lowest BCUT2D eigenvalue weighted by Crippen LogP contribution is -2.14. The van der Waals surface area contributed by atoms with Crippen molar-refractivity contribution in [2.45, 2.75) is 26.9 Å². The summed E-state index contributed by atoms with van der Waals surface area (Å²) >= 11 is 0. The van der Waals surface area contributed by atoms with Gasteiger partial charge in [0.05, 0.1) is 12.7 Å². The highest BCUT2D eigenvalue weighted by Crippen LogP contribution is 2.26. The van der Waals surface area contributed by atoms with Gasteiger partial charge in [-0.2, -0.15) is 4.39 Å². The van der Waals surface area contributed by atoms with Crippen LogP contribution in [0.5, 0.6) is 5.75 Å². The van der Waals surface area contributed by atoms with Crippen molar-refractivity contribution >= 4 is 5.97 Å². The monoisotopic (exact) mass is 244 g/mol. The van der Waals surface area contributed by atoms with Gasteiger partial charge in [0.15, 0.2) is 11.6 Å². The van der Waals surface area contributed by atoms with Crippen molar-refractivity contribution in [2.24, 2.45) is 0 Å². The first-order valence-electron chi connectivity index (χ1n) is 5.29. The van der Waals surface area contributed by atoms with Gasteiger partial charge in [-0.05, 0) is 32.9 Å². The van der Waals surface area contributed by atoms with Gasteiger partial charge >= 0.3 is 5.97 Å². The molecule has 0 saturated heterocycles. The summed E-state index contributed by atoms with van der Waals surface area (Å²) in [7, 11) is 0. The summed E-state index contributed by atoms with van der Waals surface area (Å²) in [6.07, 6.45) is -0.375. The topological polar surface area (TPSA) is 35.5 Å². The molecular weight excluding hydrogens is 230 g/mol. The quantitative estimate of drug-likeness (QED) is 0.764. The SMILES string of the molecule is CCOC(=O)c1ccc(F)c(F)c1OC(C)C. The van der Waals surface area contributed by atoms with E-state index in [1.165, 1.54) is 0 Å². The third-order valence-corrected chi connectivity index (χ3v) is 1.90. The molecule has 0 aliphatic carbocycles. The van der Waals surface area contributed by atoms with Crippen molar-refractivity contribution in [3.8, 4) is 5.75 Å². The van der Waals surface area contributed by atoms with Crippen molar-refractivity contribution in [1.29, 1.82) is 0 Å². The molecule has 0 aliphatic heterocycles. The Hall–Kier alpha value is -1.65. The summed E-state index contributed by atoms with van der Waals surface area (Å²) in [5.74, 6) is -3.38. The Morgan fingerprint density at radius 2 is 2.00 bits per heavy atom. The zero-order valence-corrected chi connectivity index (χ0v) is 9.92. The largest absolute Gasteiger partial charge is 0.487 e. The molecule has 0 aromatic heterocycles. The number of carbonyl (C=O) groups excluding carboxylic acids is 1. The van der Waals surface area contributed by atoms with Gasteiger partial charge < -0.3 is 9.47 Å². The Bertz CT molecular complexity index is 416. The minimum atomic E-state index is -1.18. The lowest BCUT2D eigenvalue weighted by Gasteiger charge is -2.14. The molecule has 0 N–H and O–H groups in total. The average Bonchev–Trinajstić information content (AvgIpc) is 2.24. The van der Waals surface area contributed by atoms with Crippen molar-refractivity contribution in [2.75, 3.05) is 6.61 Å². The van der Waals surface area contributed by atoms with Gasteiger partial charge in [0.25, 0.3) is 0 Å². The Morgan fingerprint density at radius 1 is 1.35 bits per heavy atom. The zero-order chi connectivity index (χ0) is 13.0. The molecule has 0 amide bonds. The summed E-state index contributed by atoms with van der Waals surface area (Å²) in [5, 5.41) is 0. The van der Waals surface area contributed by atoms with E-state index in [1.54, 1.807) is 20.8 Å². The van der Waals surface area contributed by atoms with E-state index >= 15 is 0 Å². The van der Waals surface area contributed by atoms with Crippen molar-refractivity contribution in [1.82, 2.24) is 0 Å². The molecule has 17 heavy (non-hydrogen) atoms. The number of ether oxygens (including phenoxy) is 2. The maximum absolute atomic E-state index is 13.5. The summed E-state index contributed by atoms with van der Waals surface area (Å²) in [6.45, 7) is 5.08. The van der Waals surface area contributed by atoms with Gasteiger partial charge in [0, 0.05) is 0 Å². The fourth-order valence-corrected chi connectivity index (χ4v) is 1.25. The minimum absolute atomic E-state index is 0.112. The third kappa shape index (κ3) is 3.15. The zero-order valence-electron chi connectivity index (χ0n) is 9.92. The van der Waals surface area contributed by atoms with Crippen LogP contribution in [0.1, 0.15) is 31.1 Å². The van der Waals surface area contributed by atoms with Crippen LogP contribution >= 0.6 is 0 Å². The van der Waals surface area contributed by atoms with E-state index in [-0.39, 0.29) is 18.3 Å². The van der Waals surface area contributed by atoms with Crippen LogP contribution in [0.15, 0.2) is 12.1 Å². The molecule has 1 aromatic carbocycles. The first-order chi connectivity index (χ1) is 7.97. The van der Waals surface area contributed by atoms with E-state index in [9.17, 15) is 13.6 Å². The maximum Gasteiger partial charge on any atom is 0.342 e. The van der Waals surface area contributed by atoms with Gasteiger partial charge in [0.2, 0.25) is 5.82 Å². The summed E-state index contributed by atoms with van der Waals surface area (Å²) in [4.78, 5) is 11.5.